The van der Waals surface area contributed by atoms with Gasteiger partial charge in [0.05, 0.1) is 12.8 Å². The number of urea groups is 2. The van der Waals surface area contributed by atoms with Crippen molar-refractivity contribution >= 4 is 24.2 Å². The minimum Gasteiger partial charge on any atom is -0.494 e. The second-order valence-electron chi connectivity index (χ2n) is 6.18. The van der Waals surface area contributed by atoms with Crippen molar-refractivity contribution in [2.45, 2.75) is 32.1 Å². The van der Waals surface area contributed by atoms with E-state index in [0.717, 1.165) is 24.2 Å². The van der Waals surface area contributed by atoms with Gasteiger partial charge in [0.15, 0.2) is 0 Å². The normalized spacial score (nSPS) is 20.9. The zero-order valence-electron chi connectivity index (χ0n) is 14.9. The molecule has 4 N–H and O–H groups in total. The van der Waals surface area contributed by atoms with Gasteiger partial charge in [0.25, 0.3) is 5.91 Å². The van der Waals surface area contributed by atoms with Gasteiger partial charge in [-0.2, -0.15) is 5.10 Å². The zero-order valence-corrected chi connectivity index (χ0v) is 14.9. The van der Waals surface area contributed by atoms with Crippen LogP contribution in [0.1, 0.15) is 25.3 Å². The summed E-state index contributed by atoms with van der Waals surface area (Å²) in [4.78, 5) is 36.4. The Kier molecular flexibility index (Phi) is 5.74. The SMILES string of the molecule is CCCCOc1ccc(/C=N\NC(=O)CN2C(=O)N[C@@H]3NC(=O)N[C@H]32)cc1. The Labute approximate surface area is 156 Å². The van der Waals surface area contributed by atoms with Gasteiger partial charge in [-0.1, -0.05) is 13.3 Å². The van der Waals surface area contributed by atoms with Crippen LogP contribution in [0, 0.1) is 0 Å². The maximum atomic E-state index is 12.0. The molecule has 144 valence electrons. The molecule has 0 spiro atoms. The third-order valence-electron chi connectivity index (χ3n) is 4.12. The molecule has 10 nitrogen and oxygen atoms in total. The Hall–Kier alpha value is -3.30. The Morgan fingerprint density at radius 3 is 2.78 bits per heavy atom. The average Bonchev–Trinajstić information content (AvgIpc) is 3.13. The van der Waals surface area contributed by atoms with Crippen LogP contribution in [0.3, 0.4) is 0 Å². The highest BCUT2D eigenvalue weighted by Gasteiger charge is 2.45. The number of fused-ring (bicyclic) bond motifs is 1. The van der Waals surface area contributed by atoms with Gasteiger partial charge in [-0.05, 0) is 36.2 Å². The van der Waals surface area contributed by atoms with Crippen molar-refractivity contribution in [1.82, 2.24) is 26.3 Å². The highest BCUT2D eigenvalue weighted by atomic mass is 16.5. The van der Waals surface area contributed by atoms with Gasteiger partial charge in [0.2, 0.25) is 0 Å². The number of unbranched alkanes of at least 4 members (excludes halogenated alkanes) is 1. The van der Waals surface area contributed by atoms with E-state index in [1.807, 2.05) is 24.3 Å². The van der Waals surface area contributed by atoms with Crippen molar-refractivity contribution in [3.63, 3.8) is 0 Å². The van der Waals surface area contributed by atoms with Crippen molar-refractivity contribution in [1.29, 1.82) is 0 Å². The number of carbonyl (C=O) groups is 3. The second kappa shape index (κ2) is 8.39. The number of nitrogens with zero attached hydrogens (tertiary/aromatic N) is 2. The van der Waals surface area contributed by atoms with E-state index >= 15 is 0 Å². The fourth-order valence-electron chi connectivity index (χ4n) is 2.72. The Morgan fingerprint density at radius 1 is 1.26 bits per heavy atom. The average molecular weight is 374 g/mol. The van der Waals surface area contributed by atoms with Crippen LogP contribution in [0.25, 0.3) is 0 Å². The van der Waals surface area contributed by atoms with Gasteiger partial charge in [0.1, 0.15) is 24.6 Å². The number of hydrazone groups is 1. The van der Waals surface area contributed by atoms with E-state index in [9.17, 15) is 14.4 Å². The fourth-order valence-corrected chi connectivity index (χ4v) is 2.72. The Morgan fingerprint density at radius 2 is 2.04 bits per heavy atom. The van der Waals surface area contributed by atoms with E-state index in [2.05, 4.69) is 33.4 Å². The van der Waals surface area contributed by atoms with E-state index in [1.165, 1.54) is 11.1 Å². The molecular weight excluding hydrogens is 352 g/mol. The number of amides is 5. The first-order valence-corrected chi connectivity index (χ1v) is 8.76. The molecule has 0 saturated carbocycles. The van der Waals surface area contributed by atoms with Crippen molar-refractivity contribution in [3.8, 4) is 5.75 Å². The summed E-state index contributed by atoms with van der Waals surface area (Å²) in [6.07, 6.45) is 2.44. The third kappa shape index (κ3) is 4.66. The number of ether oxygens (including phenoxy) is 1. The summed E-state index contributed by atoms with van der Waals surface area (Å²) < 4.78 is 5.58. The summed E-state index contributed by atoms with van der Waals surface area (Å²) in [5.74, 6) is 0.314. The summed E-state index contributed by atoms with van der Waals surface area (Å²) in [7, 11) is 0. The highest BCUT2D eigenvalue weighted by Crippen LogP contribution is 2.13. The maximum Gasteiger partial charge on any atom is 0.321 e. The molecule has 2 aliphatic heterocycles. The Balaban J connectivity index is 1.46. The molecule has 2 aliphatic rings. The molecule has 5 amide bonds. The molecule has 0 unspecified atom stereocenters. The molecular formula is C17H22N6O4. The molecule has 0 aromatic heterocycles. The molecule has 3 rings (SSSR count). The lowest BCUT2D eigenvalue weighted by atomic mass is 10.2. The van der Waals surface area contributed by atoms with Gasteiger partial charge >= 0.3 is 12.1 Å². The van der Waals surface area contributed by atoms with Crippen LogP contribution in [-0.4, -0.2) is 54.6 Å². The predicted octanol–water partition coefficient (Wildman–Crippen LogP) is 0.306. The van der Waals surface area contributed by atoms with Crippen molar-refractivity contribution in [3.05, 3.63) is 29.8 Å². The van der Waals surface area contributed by atoms with Crippen LogP contribution in [0.4, 0.5) is 9.59 Å². The molecule has 0 radical (unpaired) electrons. The van der Waals surface area contributed by atoms with E-state index < -0.39 is 30.3 Å². The lowest BCUT2D eigenvalue weighted by Gasteiger charge is -2.19. The van der Waals surface area contributed by atoms with Gasteiger partial charge in [-0.3, -0.25) is 9.69 Å². The number of rotatable bonds is 8. The van der Waals surface area contributed by atoms with Crippen LogP contribution in [-0.2, 0) is 4.79 Å². The molecule has 1 aromatic rings. The highest BCUT2D eigenvalue weighted by molar-refractivity contribution is 5.89. The van der Waals surface area contributed by atoms with Gasteiger partial charge in [-0.15, -0.1) is 0 Å². The minimum atomic E-state index is -0.597. The smallest absolute Gasteiger partial charge is 0.321 e. The monoisotopic (exact) mass is 374 g/mol. The van der Waals surface area contributed by atoms with Crippen molar-refractivity contribution in [2.75, 3.05) is 13.2 Å². The molecule has 2 fully saturated rings. The maximum absolute atomic E-state index is 12.0. The molecule has 0 bridgehead atoms. The number of carbonyl (C=O) groups excluding carboxylic acids is 3. The number of benzene rings is 1. The van der Waals surface area contributed by atoms with E-state index in [-0.39, 0.29) is 6.54 Å². The number of nitrogens with one attached hydrogen (secondary N) is 4. The van der Waals surface area contributed by atoms with E-state index in [4.69, 9.17) is 4.74 Å². The molecule has 0 aliphatic carbocycles. The van der Waals surface area contributed by atoms with Crippen LogP contribution in [0.2, 0.25) is 0 Å². The first-order chi connectivity index (χ1) is 13.1. The first-order valence-electron chi connectivity index (χ1n) is 8.76. The lowest BCUT2D eigenvalue weighted by molar-refractivity contribution is -0.121. The summed E-state index contributed by atoms with van der Waals surface area (Å²) in [6.45, 7) is 2.56. The first kappa shape index (κ1) is 18.5. The quantitative estimate of drug-likeness (QED) is 0.297. The summed E-state index contributed by atoms with van der Waals surface area (Å²) >= 11 is 0. The standard InChI is InChI=1S/C17H22N6O4/c1-2-3-8-27-12-6-4-11(5-7-12)9-18-22-13(24)10-23-15-14(20-17(23)26)19-16(25)21-15/h4-7,9,14-15H,2-3,8,10H2,1H3,(H,20,26)(H,22,24)(H2,19,21,25)/b18-9-/t14-,15-/m0/s1. The van der Waals surface area contributed by atoms with Gasteiger partial charge in [0, 0.05) is 0 Å². The van der Waals surface area contributed by atoms with E-state index in [0.29, 0.717) is 6.61 Å². The van der Waals surface area contributed by atoms with Gasteiger partial charge in [-0.25, -0.2) is 15.0 Å². The Bertz CT molecular complexity index is 735. The second-order valence-corrected chi connectivity index (χ2v) is 6.18. The molecule has 2 saturated heterocycles. The zero-order chi connectivity index (χ0) is 19.2. The lowest BCUT2D eigenvalue weighted by Crippen LogP contribution is -2.47. The topological polar surface area (TPSA) is 124 Å². The van der Waals surface area contributed by atoms with Crippen LogP contribution >= 0.6 is 0 Å². The predicted molar refractivity (Wildman–Crippen MR) is 97.1 cm³/mol. The van der Waals surface area contributed by atoms with Crippen LogP contribution in [0.15, 0.2) is 29.4 Å². The molecule has 2 heterocycles. The van der Waals surface area contributed by atoms with Crippen molar-refractivity contribution < 1.29 is 19.1 Å². The van der Waals surface area contributed by atoms with Crippen LogP contribution in [0.5, 0.6) is 5.75 Å². The van der Waals surface area contributed by atoms with E-state index in [1.54, 1.807) is 0 Å². The van der Waals surface area contributed by atoms with Crippen molar-refractivity contribution in [2.24, 2.45) is 5.10 Å². The minimum absolute atomic E-state index is 0.226. The number of hydrogen-bond acceptors (Lipinski definition) is 5. The summed E-state index contributed by atoms with van der Waals surface area (Å²) in [5.41, 5.74) is 3.17. The largest absolute Gasteiger partial charge is 0.494 e. The third-order valence-corrected chi connectivity index (χ3v) is 4.12. The summed E-state index contributed by atoms with van der Waals surface area (Å²) in [6, 6.07) is 6.50. The van der Waals surface area contributed by atoms with Crippen LogP contribution < -0.4 is 26.1 Å². The molecule has 10 heteroatoms. The van der Waals surface area contributed by atoms with Gasteiger partial charge < -0.3 is 20.7 Å². The summed E-state index contributed by atoms with van der Waals surface area (Å²) in [5, 5.41) is 11.6. The fraction of sp³-hybridized carbons (Fsp3) is 0.412. The molecule has 27 heavy (non-hydrogen) atoms. The molecule has 2 atom stereocenters. The molecule has 1 aromatic carbocycles. The number of hydrogen-bond donors (Lipinski definition) is 4.